The summed E-state index contributed by atoms with van der Waals surface area (Å²) in [6, 6.07) is 5.44. The largest absolute Gasteiger partial charge is 0.393 e. The number of aliphatic hydroxyl groups excluding tert-OH is 1. The molecule has 6 heteroatoms. The second-order valence-electron chi connectivity index (χ2n) is 5.88. The summed E-state index contributed by atoms with van der Waals surface area (Å²) in [6.07, 6.45) is 6.80. The van der Waals surface area contributed by atoms with Crippen LogP contribution in [-0.4, -0.2) is 31.9 Å². The van der Waals surface area contributed by atoms with Crippen LogP contribution in [0.3, 0.4) is 0 Å². The Morgan fingerprint density at radius 3 is 2.91 bits per heavy atom. The average Bonchev–Trinajstić information content (AvgIpc) is 2.89. The Balaban J connectivity index is 1.68. The van der Waals surface area contributed by atoms with E-state index in [1.165, 1.54) is 0 Å². The lowest BCUT2D eigenvalue weighted by Crippen LogP contribution is -2.41. The molecule has 2 aromatic heterocycles. The van der Waals surface area contributed by atoms with Crippen LogP contribution in [0.5, 0.6) is 0 Å². The summed E-state index contributed by atoms with van der Waals surface area (Å²) in [5.41, 5.74) is 1.73. The highest BCUT2D eigenvalue weighted by molar-refractivity contribution is 5.78. The van der Waals surface area contributed by atoms with Gasteiger partial charge in [-0.2, -0.15) is 5.10 Å². The molecule has 2 N–H and O–H groups in total. The third-order valence-electron chi connectivity index (χ3n) is 4.09. The standard InChI is InChI=1S/C16H20N4O2/c1-20-10-12(9-18-20)16(11-6-14(21)7-11)19-15(22)8-13-4-2-3-5-17-13/h2-5,9-11,14,16,21H,6-8H2,1H3,(H,19,22). The minimum absolute atomic E-state index is 0.0612. The molecule has 3 rings (SSSR count). The maximum Gasteiger partial charge on any atom is 0.226 e. The fourth-order valence-electron chi connectivity index (χ4n) is 2.87. The van der Waals surface area contributed by atoms with Crippen LogP contribution in [0.2, 0.25) is 0 Å². The smallest absolute Gasteiger partial charge is 0.226 e. The first-order chi connectivity index (χ1) is 10.6. The molecular weight excluding hydrogens is 280 g/mol. The van der Waals surface area contributed by atoms with Crippen LogP contribution in [0, 0.1) is 5.92 Å². The van der Waals surface area contributed by atoms with E-state index in [9.17, 15) is 9.90 Å². The van der Waals surface area contributed by atoms with Gasteiger partial charge < -0.3 is 10.4 Å². The molecule has 0 radical (unpaired) electrons. The Morgan fingerprint density at radius 2 is 2.32 bits per heavy atom. The Bertz CT molecular complexity index is 635. The van der Waals surface area contributed by atoms with Gasteiger partial charge in [0.25, 0.3) is 0 Å². The summed E-state index contributed by atoms with van der Waals surface area (Å²) in [6.45, 7) is 0. The molecule has 1 unspecified atom stereocenters. The first-order valence-electron chi connectivity index (χ1n) is 7.47. The molecule has 1 amide bonds. The number of aryl methyl sites for hydroxylation is 1. The molecule has 1 fully saturated rings. The number of carbonyl (C=O) groups excluding carboxylic acids is 1. The van der Waals surface area contributed by atoms with Gasteiger partial charge in [-0.3, -0.25) is 14.5 Å². The minimum Gasteiger partial charge on any atom is -0.393 e. The number of pyridine rings is 1. The van der Waals surface area contributed by atoms with Crippen molar-refractivity contribution in [2.45, 2.75) is 31.4 Å². The molecular formula is C16H20N4O2. The van der Waals surface area contributed by atoms with Crippen LogP contribution in [0.25, 0.3) is 0 Å². The van der Waals surface area contributed by atoms with E-state index in [1.54, 1.807) is 17.1 Å². The Kier molecular flexibility index (Phi) is 4.20. The van der Waals surface area contributed by atoms with Gasteiger partial charge in [-0.05, 0) is 30.9 Å². The molecule has 1 saturated carbocycles. The van der Waals surface area contributed by atoms with E-state index in [-0.39, 0.29) is 30.4 Å². The average molecular weight is 300 g/mol. The molecule has 1 aliphatic rings. The molecule has 0 aliphatic heterocycles. The number of amides is 1. The van der Waals surface area contributed by atoms with Gasteiger partial charge in [0.1, 0.15) is 0 Å². The summed E-state index contributed by atoms with van der Waals surface area (Å²) in [4.78, 5) is 16.5. The number of rotatable bonds is 5. The number of hydrogen-bond donors (Lipinski definition) is 2. The number of aromatic nitrogens is 3. The topological polar surface area (TPSA) is 80.0 Å². The maximum absolute atomic E-state index is 12.3. The molecule has 1 aliphatic carbocycles. The van der Waals surface area contributed by atoms with Gasteiger partial charge in [-0.25, -0.2) is 0 Å². The molecule has 6 nitrogen and oxygen atoms in total. The van der Waals surface area contributed by atoms with E-state index >= 15 is 0 Å². The number of aliphatic hydroxyl groups is 1. The third kappa shape index (κ3) is 3.33. The number of carbonyl (C=O) groups is 1. The van der Waals surface area contributed by atoms with E-state index in [4.69, 9.17) is 0 Å². The van der Waals surface area contributed by atoms with E-state index < -0.39 is 0 Å². The highest BCUT2D eigenvalue weighted by Gasteiger charge is 2.36. The quantitative estimate of drug-likeness (QED) is 0.863. The summed E-state index contributed by atoms with van der Waals surface area (Å²) < 4.78 is 1.72. The maximum atomic E-state index is 12.3. The Hall–Kier alpha value is -2.21. The van der Waals surface area contributed by atoms with Gasteiger partial charge in [0.05, 0.1) is 24.8 Å². The van der Waals surface area contributed by atoms with Crippen molar-refractivity contribution in [3.8, 4) is 0 Å². The molecule has 116 valence electrons. The van der Waals surface area contributed by atoms with Crippen LogP contribution in [-0.2, 0) is 18.3 Å². The van der Waals surface area contributed by atoms with Gasteiger partial charge in [-0.15, -0.1) is 0 Å². The SMILES string of the molecule is Cn1cc(C(NC(=O)Cc2ccccn2)C2CC(O)C2)cn1. The van der Waals surface area contributed by atoms with Gasteiger partial charge in [0.2, 0.25) is 5.91 Å². The van der Waals surface area contributed by atoms with Crippen LogP contribution in [0.1, 0.15) is 30.1 Å². The fraction of sp³-hybridized carbons (Fsp3) is 0.438. The molecule has 0 spiro atoms. The zero-order valence-electron chi connectivity index (χ0n) is 12.5. The Morgan fingerprint density at radius 1 is 1.50 bits per heavy atom. The zero-order valence-corrected chi connectivity index (χ0v) is 12.5. The van der Waals surface area contributed by atoms with Crippen molar-refractivity contribution in [3.63, 3.8) is 0 Å². The lowest BCUT2D eigenvalue weighted by atomic mass is 9.75. The van der Waals surface area contributed by atoms with Gasteiger partial charge in [0, 0.05) is 30.7 Å². The minimum atomic E-state index is -0.253. The van der Waals surface area contributed by atoms with Gasteiger partial charge in [0.15, 0.2) is 0 Å². The molecule has 22 heavy (non-hydrogen) atoms. The van der Waals surface area contributed by atoms with Gasteiger partial charge in [-0.1, -0.05) is 6.07 Å². The highest BCUT2D eigenvalue weighted by atomic mass is 16.3. The van der Waals surface area contributed by atoms with Crippen molar-refractivity contribution in [2.24, 2.45) is 13.0 Å². The normalized spacial score (nSPS) is 21.9. The second-order valence-corrected chi connectivity index (χ2v) is 5.88. The summed E-state index contributed by atoms with van der Waals surface area (Å²) in [7, 11) is 1.85. The van der Waals surface area contributed by atoms with E-state index in [2.05, 4.69) is 15.4 Å². The molecule has 2 aromatic rings. The molecule has 0 aromatic carbocycles. The molecule has 1 atom stereocenters. The van der Waals surface area contributed by atoms with Crippen LogP contribution in [0.15, 0.2) is 36.8 Å². The van der Waals surface area contributed by atoms with E-state index in [1.807, 2.05) is 31.4 Å². The molecule has 0 saturated heterocycles. The lowest BCUT2D eigenvalue weighted by molar-refractivity contribution is -0.122. The van der Waals surface area contributed by atoms with Crippen molar-refractivity contribution in [1.82, 2.24) is 20.1 Å². The number of hydrogen-bond acceptors (Lipinski definition) is 4. The van der Waals surface area contributed by atoms with Crippen molar-refractivity contribution in [2.75, 3.05) is 0 Å². The van der Waals surface area contributed by atoms with E-state index in [0.29, 0.717) is 12.8 Å². The first kappa shape index (κ1) is 14.7. The van der Waals surface area contributed by atoms with Crippen LogP contribution >= 0.6 is 0 Å². The van der Waals surface area contributed by atoms with Crippen molar-refractivity contribution >= 4 is 5.91 Å². The van der Waals surface area contributed by atoms with Crippen LogP contribution in [0.4, 0.5) is 0 Å². The third-order valence-corrected chi connectivity index (χ3v) is 4.09. The summed E-state index contributed by atoms with van der Waals surface area (Å²) >= 11 is 0. The van der Waals surface area contributed by atoms with E-state index in [0.717, 1.165) is 11.3 Å². The number of nitrogens with one attached hydrogen (secondary N) is 1. The Labute approximate surface area is 129 Å². The predicted molar refractivity (Wildman–Crippen MR) is 80.8 cm³/mol. The fourth-order valence-corrected chi connectivity index (χ4v) is 2.87. The predicted octanol–water partition coefficient (Wildman–Crippen LogP) is 0.986. The number of nitrogens with zero attached hydrogens (tertiary/aromatic N) is 3. The lowest BCUT2D eigenvalue weighted by Gasteiger charge is -2.37. The van der Waals surface area contributed by atoms with Crippen LogP contribution < -0.4 is 5.32 Å². The monoisotopic (exact) mass is 300 g/mol. The summed E-state index contributed by atoms with van der Waals surface area (Å²) in [5, 5.41) is 16.8. The van der Waals surface area contributed by atoms with Crippen molar-refractivity contribution in [1.29, 1.82) is 0 Å². The van der Waals surface area contributed by atoms with Crippen molar-refractivity contribution < 1.29 is 9.90 Å². The molecule has 2 heterocycles. The zero-order chi connectivity index (χ0) is 15.5. The second kappa shape index (κ2) is 6.27. The van der Waals surface area contributed by atoms with Gasteiger partial charge >= 0.3 is 0 Å². The molecule has 0 bridgehead atoms. The van der Waals surface area contributed by atoms with Crippen molar-refractivity contribution in [3.05, 3.63) is 48.0 Å². The highest BCUT2D eigenvalue weighted by Crippen LogP contribution is 2.37. The summed E-state index contributed by atoms with van der Waals surface area (Å²) in [5.74, 6) is 0.195. The first-order valence-corrected chi connectivity index (χ1v) is 7.47.